The molecule has 0 aromatic carbocycles. The number of fused-ring (bicyclic) bond motifs is 1. The number of nitrogens with zero attached hydrogens (tertiary/aromatic N) is 3. The predicted molar refractivity (Wildman–Crippen MR) is 79.2 cm³/mol. The van der Waals surface area contributed by atoms with Gasteiger partial charge >= 0.3 is 5.97 Å². The van der Waals surface area contributed by atoms with Crippen LogP contribution in [0.1, 0.15) is 25.7 Å². The maximum Gasteiger partial charge on any atom is 0.323 e. The van der Waals surface area contributed by atoms with E-state index in [1.807, 2.05) is 0 Å². The van der Waals surface area contributed by atoms with Crippen LogP contribution in [-0.2, 0) is 4.79 Å². The van der Waals surface area contributed by atoms with E-state index < -0.39 is 11.5 Å². The molecule has 0 aliphatic heterocycles. The van der Waals surface area contributed by atoms with Crippen LogP contribution in [-0.4, -0.2) is 48.8 Å². The van der Waals surface area contributed by atoms with E-state index in [1.54, 1.807) is 25.1 Å². The molecule has 1 fully saturated rings. The summed E-state index contributed by atoms with van der Waals surface area (Å²) in [5, 5.41) is 13.5. The van der Waals surface area contributed by atoms with Crippen LogP contribution in [0.3, 0.4) is 0 Å². The number of carbonyl (C=O) groups is 1. The smallest absolute Gasteiger partial charge is 0.323 e. The van der Waals surface area contributed by atoms with Crippen molar-refractivity contribution in [2.45, 2.75) is 41.5 Å². The normalized spacial score (nSPS) is 26.0. The van der Waals surface area contributed by atoms with Gasteiger partial charge in [0, 0.05) is 5.25 Å². The van der Waals surface area contributed by atoms with Crippen LogP contribution < -0.4 is 5.32 Å². The third-order valence-corrected chi connectivity index (χ3v) is 5.33. The lowest BCUT2D eigenvalue weighted by atomic mass is 9.81. The Morgan fingerprint density at radius 1 is 1.52 bits per heavy atom. The molecule has 0 radical (unpaired) electrons. The molecule has 2 aromatic heterocycles. The zero-order valence-electron chi connectivity index (χ0n) is 11.7. The van der Waals surface area contributed by atoms with Crippen LogP contribution in [0.2, 0.25) is 0 Å². The number of carboxylic acid groups (broad SMARTS) is 1. The molecule has 0 bridgehead atoms. The van der Waals surface area contributed by atoms with E-state index in [1.165, 1.54) is 6.33 Å². The van der Waals surface area contributed by atoms with Crippen molar-refractivity contribution >= 4 is 28.9 Å². The molecule has 7 nitrogen and oxygen atoms in total. The van der Waals surface area contributed by atoms with Crippen molar-refractivity contribution in [2.75, 3.05) is 7.05 Å². The summed E-state index contributed by atoms with van der Waals surface area (Å²) in [6.07, 6.45) is 6.22. The van der Waals surface area contributed by atoms with Crippen LogP contribution in [0, 0.1) is 0 Å². The molecule has 2 atom stereocenters. The zero-order chi connectivity index (χ0) is 14.9. The molecular weight excluding hydrogens is 290 g/mol. The van der Waals surface area contributed by atoms with Gasteiger partial charge in [0.2, 0.25) is 0 Å². The summed E-state index contributed by atoms with van der Waals surface area (Å²) >= 11 is 1.61. The topological polar surface area (TPSA) is 104 Å². The lowest BCUT2D eigenvalue weighted by Gasteiger charge is -2.36. The number of aliphatic carboxylic acids is 1. The van der Waals surface area contributed by atoms with Crippen LogP contribution in [0.25, 0.3) is 11.2 Å². The second-order valence-electron chi connectivity index (χ2n) is 5.25. The zero-order valence-corrected chi connectivity index (χ0v) is 12.5. The Hall–Kier alpha value is -1.67. The fraction of sp³-hybridized carbons (Fsp3) is 0.538. The van der Waals surface area contributed by atoms with Crippen molar-refractivity contribution in [3.05, 3.63) is 12.7 Å². The fourth-order valence-electron chi connectivity index (χ4n) is 2.84. The van der Waals surface area contributed by atoms with Crippen molar-refractivity contribution in [1.82, 2.24) is 25.3 Å². The third kappa shape index (κ3) is 2.60. The molecule has 112 valence electrons. The van der Waals surface area contributed by atoms with Gasteiger partial charge in [-0.1, -0.05) is 0 Å². The number of imidazole rings is 1. The second kappa shape index (κ2) is 5.61. The Balaban J connectivity index is 1.81. The number of carboxylic acids is 1. The summed E-state index contributed by atoms with van der Waals surface area (Å²) in [6, 6.07) is 0. The van der Waals surface area contributed by atoms with E-state index in [4.69, 9.17) is 0 Å². The van der Waals surface area contributed by atoms with Gasteiger partial charge in [-0.25, -0.2) is 15.0 Å². The van der Waals surface area contributed by atoms with E-state index in [0.29, 0.717) is 18.5 Å². The lowest BCUT2D eigenvalue weighted by molar-refractivity contribution is -0.146. The minimum absolute atomic E-state index is 0.212. The summed E-state index contributed by atoms with van der Waals surface area (Å²) in [4.78, 5) is 27.1. The Kier molecular flexibility index (Phi) is 3.81. The first-order chi connectivity index (χ1) is 10.1. The molecule has 0 spiro atoms. The van der Waals surface area contributed by atoms with Crippen LogP contribution in [0.4, 0.5) is 0 Å². The highest BCUT2D eigenvalue weighted by atomic mass is 32.2. The van der Waals surface area contributed by atoms with Crippen LogP contribution in [0.5, 0.6) is 0 Å². The molecule has 1 aliphatic carbocycles. The van der Waals surface area contributed by atoms with Gasteiger partial charge in [-0.05, 0) is 32.7 Å². The van der Waals surface area contributed by atoms with Crippen molar-refractivity contribution in [3.8, 4) is 0 Å². The second-order valence-corrected chi connectivity index (χ2v) is 6.54. The molecular formula is C13H17N5O2S. The molecule has 1 saturated carbocycles. The van der Waals surface area contributed by atoms with Gasteiger partial charge in [0.05, 0.1) is 6.33 Å². The minimum Gasteiger partial charge on any atom is -0.480 e. The number of thioether (sulfide) groups is 1. The quantitative estimate of drug-likeness (QED) is 0.734. The monoisotopic (exact) mass is 307 g/mol. The number of aromatic amines is 1. The molecule has 0 saturated heterocycles. The van der Waals surface area contributed by atoms with Gasteiger partial charge in [-0.3, -0.25) is 4.79 Å². The van der Waals surface area contributed by atoms with E-state index in [2.05, 4.69) is 25.3 Å². The molecule has 21 heavy (non-hydrogen) atoms. The Morgan fingerprint density at radius 3 is 3.14 bits per heavy atom. The number of aromatic nitrogens is 4. The van der Waals surface area contributed by atoms with Crippen molar-refractivity contribution < 1.29 is 9.90 Å². The van der Waals surface area contributed by atoms with Crippen LogP contribution >= 0.6 is 11.8 Å². The van der Waals surface area contributed by atoms with Gasteiger partial charge in [0.1, 0.15) is 22.4 Å². The van der Waals surface area contributed by atoms with Gasteiger partial charge in [-0.2, -0.15) is 0 Å². The van der Waals surface area contributed by atoms with Crippen molar-refractivity contribution in [2.24, 2.45) is 0 Å². The molecule has 2 heterocycles. The number of H-pyrrole nitrogens is 1. The van der Waals surface area contributed by atoms with E-state index in [0.717, 1.165) is 23.4 Å². The lowest BCUT2D eigenvalue weighted by Crippen LogP contribution is -2.53. The van der Waals surface area contributed by atoms with E-state index in [-0.39, 0.29) is 5.25 Å². The predicted octanol–water partition coefficient (Wildman–Crippen LogP) is 1.43. The third-order valence-electron chi connectivity index (χ3n) is 4.06. The molecule has 2 aromatic rings. The number of likely N-dealkylation sites (N-methyl/N-ethyl adjacent to an activating group) is 1. The average molecular weight is 307 g/mol. The standard InChI is InChI=1S/C13H17N5O2S/c1-14-13(12(19)20)4-2-3-8(5-13)21-11-9-10(16-6-15-9)17-7-18-11/h6-8,14H,2-5H2,1H3,(H,19,20)(H,15,16,17,18). The highest BCUT2D eigenvalue weighted by molar-refractivity contribution is 8.00. The number of rotatable bonds is 4. The van der Waals surface area contributed by atoms with Gasteiger partial charge in [-0.15, -0.1) is 11.8 Å². The first kappa shape index (κ1) is 14.3. The first-order valence-electron chi connectivity index (χ1n) is 6.88. The number of hydrogen-bond donors (Lipinski definition) is 3. The summed E-state index contributed by atoms with van der Waals surface area (Å²) in [7, 11) is 1.72. The first-order valence-corrected chi connectivity index (χ1v) is 7.75. The minimum atomic E-state index is -0.823. The highest BCUT2D eigenvalue weighted by Gasteiger charge is 2.42. The van der Waals surface area contributed by atoms with Gasteiger partial charge in [0.15, 0.2) is 5.65 Å². The highest BCUT2D eigenvalue weighted by Crippen LogP contribution is 2.39. The summed E-state index contributed by atoms with van der Waals surface area (Å²) < 4.78 is 0. The maximum absolute atomic E-state index is 11.6. The average Bonchev–Trinajstić information content (AvgIpc) is 2.97. The fourth-order valence-corrected chi connectivity index (χ4v) is 4.19. The van der Waals surface area contributed by atoms with Gasteiger partial charge in [0.25, 0.3) is 0 Å². The Bertz CT molecular complexity index is 661. The largest absolute Gasteiger partial charge is 0.480 e. The molecule has 8 heteroatoms. The number of hydrogen-bond acceptors (Lipinski definition) is 6. The number of nitrogens with one attached hydrogen (secondary N) is 2. The van der Waals surface area contributed by atoms with E-state index >= 15 is 0 Å². The molecule has 1 aliphatic rings. The molecule has 0 amide bonds. The van der Waals surface area contributed by atoms with Crippen molar-refractivity contribution in [3.63, 3.8) is 0 Å². The molecule has 3 N–H and O–H groups in total. The van der Waals surface area contributed by atoms with E-state index in [9.17, 15) is 9.90 Å². The summed E-state index contributed by atoms with van der Waals surface area (Å²) in [6.45, 7) is 0. The van der Waals surface area contributed by atoms with Gasteiger partial charge < -0.3 is 15.4 Å². The van der Waals surface area contributed by atoms with Crippen LogP contribution in [0.15, 0.2) is 17.7 Å². The Morgan fingerprint density at radius 2 is 2.38 bits per heavy atom. The molecule has 2 unspecified atom stereocenters. The molecule has 3 rings (SSSR count). The Labute approximate surface area is 126 Å². The summed E-state index contributed by atoms with van der Waals surface area (Å²) in [5.74, 6) is -0.773. The summed E-state index contributed by atoms with van der Waals surface area (Å²) in [5.41, 5.74) is 0.635. The van der Waals surface area contributed by atoms with Crippen molar-refractivity contribution in [1.29, 1.82) is 0 Å². The SMILES string of the molecule is CNC1(C(=O)O)CCCC(Sc2ncnc3nc[nH]c23)C1. The maximum atomic E-state index is 11.6.